The Balaban J connectivity index is 1.66. The lowest BCUT2D eigenvalue weighted by atomic mass is 10.2. The third-order valence-corrected chi connectivity index (χ3v) is 5.51. The Bertz CT molecular complexity index is 1060. The number of benzene rings is 2. The van der Waals surface area contributed by atoms with E-state index in [2.05, 4.69) is 9.82 Å². The predicted molar refractivity (Wildman–Crippen MR) is 100 cm³/mol. The van der Waals surface area contributed by atoms with Crippen LogP contribution in [0.2, 0.25) is 0 Å². The number of hydrogen-bond acceptors (Lipinski definition) is 5. The summed E-state index contributed by atoms with van der Waals surface area (Å²) in [6.07, 6.45) is 3.96. The summed E-state index contributed by atoms with van der Waals surface area (Å²) in [4.78, 5) is 10.3. The van der Waals surface area contributed by atoms with Gasteiger partial charge in [-0.2, -0.15) is 5.10 Å². The Labute approximate surface area is 156 Å². The van der Waals surface area contributed by atoms with E-state index in [9.17, 15) is 18.5 Å². The van der Waals surface area contributed by atoms with Crippen molar-refractivity contribution < 1.29 is 13.3 Å². The fourth-order valence-electron chi connectivity index (χ4n) is 2.58. The van der Waals surface area contributed by atoms with E-state index in [1.807, 2.05) is 36.5 Å². The molecule has 0 unspecified atom stereocenters. The summed E-state index contributed by atoms with van der Waals surface area (Å²) in [5, 5.41) is 15.3. The van der Waals surface area contributed by atoms with E-state index < -0.39 is 14.9 Å². The van der Waals surface area contributed by atoms with Crippen molar-refractivity contribution in [2.45, 2.75) is 18.2 Å². The first-order valence-electron chi connectivity index (χ1n) is 8.20. The largest absolute Gasteiger partial charge is 0.273 e. The highest BCUT2D eigenvalue weighted by molar-refractivity contribution is 7.89. The third kappa shape index (κ3) is 4.39. The van der Waals surface area contributed by atoms with Crippen LogP contribution < -0.4 is 4.72 Å². The Morgan fingerprint density at radius 2 is 1.93 bits per heavy atom. The van der Waals surface area contributed by atoms with Crippen LogP contribution in [0.15, 0.2) is 65.8 Å². The summed E-state index contributed by atoms with van der Waals surface area (Å²) in [6, 6.07) is 13.4. The molecule has 0 bridgehead atoms. The van der Waals surface area contributed by atoms with Gasteiger partial charge in [0.1, 0.15) is 0 Å². The van der Waals surface area contributed by atoms with Gasteiger partial charge >= 0.3 is 0 Å². The Kier molecular flexibility index (Phi) is 5.33. The second-order valence-electron chi connectivity index (χ2n) is 5.98. The Hall–Kier alpha value is -3.04. The summed E-state index contributed by atoms with van der Waals surface area (Å²) in [7, 11) is -3.83. The maximum Gasteiger partial charge on any atom is 0.273 e. The molecule has 0 saturated carbocycles. The van der Waals surface area contributed by atoms with Crippen LogP contribution in [0.25, 0.3) is 5.69 Å². The van der Waals surface area contributed by atoms with Crippen LogP contribution in [-0.2, 0) is 16.4 Å². The molecule has 0 radical (unpaired) electrons. The first kappa shape index (κ1) is 18.7. The number of nitro groups is 1. The molecule has 0 atom stereocenters. The van der Waals surface area contributed by atoms with Gasteiger partial charge < -0.3 is 0 Å². The molecule has 1 heterocycles. The van der Waals surface area contributed by atoms with Gasteiger partial charge in [-0.15, -0.1) is 0 Å². The summed E-state index contributed by atoms with van der Waals surface area (Å²) >= 11 is 0. The van der Waals surface area contributed by atoms with Crippen molar-refractivity contribution in [2.24, 2.45) is 0 Å². The minimum Gasteiger partial charge on any atom is -0.258 e. The van der Waals surface area contributed by atoms with Crippen molar-refractivity contribution in [2.75, 3.05) is 6.54 Å². The van der Waals surface area contributed by atoms with Gasteiger partial charge in [0.05, 0.1) is 21.7 Å². The molecule has 3 aromatic rings. The van der Waals surface area contributed by atoms with Gasteiger partial charge in [-0.1, -0.05) is 24.3 Å². The molecule has 0 aliphatic carbocycles. The van der Waals surface area contributed by atoms with E-state index in [0.717, 1.165) is 17.3 Å². The zero-order valence-electron chi connectivity index (χ0n) is 14.6. The molecule has 0 saturated heterocycles. The normalized spacial score (nSPS) is 11.4. The van der Waals surface area contributed by atoms with Crippen LogP contribution >= 0.6 is 0 Å². The molecule has 0 aliphatic heterocycles. The van der Waals surface area contributed by atoms with Crippen LogP contribution in [0.4, 0.5) is 5.69 Å². The number of nitrogens with one attached hydrogen (secondary N) is 1. The molecule has 2 aromatic carbocycles. The highest BCUT2D eigenvalue weighted by atomic mass is 32.2. The van der Waals surface area contributed by atoms with Gasteiger partial charge in [0.15, 0.2) is 0 Å². The molecule has 0 aliphatic rings. The number of aromatic nitrogens is 2. The molecule has 8 nitrogen and oxygen atoms in total. The second kappa shape index (κ2) is 7.68. The standard InChI is InChI=1S/C18H18N4O4S/c1-14-7-8-17(11-18(14)22(23)24)27(25,26)20-10-9-15-12-19-21(13-15)16-5-3-2-4-6-16/h2-8,11-13,20H,9-10H2,1H3. The van der Waals surface area contributed by atoms with E-state index in [1.165, 1.54) is 12.1 Å². The lowest BCUT2D eigenvalue weighted by Crippen LogP contribution is -2.26. The molecular formula is C18H18N4O4S. The van der Waals surface area contributed by atoms with Crippen molar-refractivity contribution in [1.29, 1.82) is 0 Å². The quantitative estimate of drug-likeness (QED) is 0.496. The number of sulfonamides is 1. The minimum absolute atomic E-state index is 0.125. The van der Waals surface area contributed by atoms with E-state index >= 15 is 0 Å². The first-order valence-corrected chi connectivity index (χ1v) is 9.69. The van der Waals surface area contributed by atoms with Gasteiger partial charge in [0.2, 0.25) is 10.0 Å². The van der Waals surface area contributed by atoms with Gasteiger partial charge in [-0.25, -0.2) is 17.8 Å². The number of hydrogen-bond donors (Lipinski definition) is 1. The van der Waals surface area contributed by atoms with Gasteiger partial charge in [-0.3, -0.25) is 10.1 Å². The van der Waals surface area contributed by atoms with E-state index in [-0.39, 0.29) is 17.1 Å². The minimum atomic E-state index is -3.83. The average Bonchev–Trinajstić information content (AvgIpc) is 3.11. The molecule has 9 heteroatoms. The van der Waals surface area contributed by atoms with E-state index in [4.69, 9.17) is 0 Å². The number of rotatable bonds is 7. The molecule has 1 N–H and O–H groups in total. The lowest BCUT2D eigenvalue weighted by molar-refractivity contribution is -0.385. The number of aryl methyl sites for hydroxylation is 1. The van der Waals surface area contributed by atoms with Crippen LogP contribution in [0, 0.1) is 17.0 Å². The fraction of sp³-hybridized carbons (Fsp3) is 0.167. The van der Waals surface area contributed by atoms with E-state index in [0.29, 0.717) is 12.0 Å². The van der Waals surface area contributed by atoms with E-state index in [1.54, 1.807) is 17.8 Å². The molecule has 140 valence electrons. The van der Waals surface area contributed by atoms with Gasteiger partial charge in [-0.05, 0) is 37.1 Å². The molecule has 27 heavy (non-hydrogen) atoms. The van der Waals surface area contributed by atoms with Crippen LogP contribution in [0.5, 0.6) is 0 Å². The molecule has 0 spiro atoms. The Morgan fingerprint density at radius 3 is 2.63 bits per heavy atom. The Morgan fingerprint density at radius 1 is 1.19 bits per heavy atom. The summed E-state index contributed by atoms with van der Waals surface area (Å²) in [6.45, 7) is 1.72. The molecule has 0 fully saturated rings. The molecule has 3 rings (SSSR count). The van der Waals surface area contributed by atoms with Crippen LogP contribution in [-0.4, -0.2) is 29.7 Å². The van der Waals surface area contributed by atoms with Crippen molar-refractivity contribution in [3.63, 3.8) is 0 Å². The summed E-state index contributed by atoms with van der Waals surface area (Å²) < 4.78 is 28.9. The van der Waals surface area contributed by atoms with Gasteiger partial charge in [0.25, 0.3) is 5.69 Å². The lowest BCUT2D eigenvalue weighted by Gasteiger charge is -2.07. The summed E-state index contributed by atoms with van der Waals surface area (Å²) in [5.74, 6) is 0. The zero-order chi connectivity index (χ0) is 19.4. The van der Waals surface area contributed by atoms with Crippen LogP contribution in [0.1, 0.15) is 11.1 Å². The van der Waals surface area contributed by atoms with Crippen molar-refractivity contribution in [1.82, 2.24) is 14.5 Å². The number of nitrogens with zero attached hydrogens (tertiary/aromatic N) is 3. The molecular weight excluding hydrogens is 368 g/mol. The van der Waals surface area contributed by atoms with Crippen molar-refractivity contribution in [3.8, 4) is 5.69 Å². The predicted octanol–water partition coefficient (Wildman–Crippen LogP) is 2.61. The highest BCUT2D eigenvalue weighted by Crippen LogP contribution is 2.22. The number of para-hydroxylation sites is 1. The molecule has 0 amide bonds. The monoisotopic (exact) mass is 386 g/mol. The molecule has 1 aromatic heterocycles. The summed E-state index contributed by atoms with van der Waals surface area (Å²) in [5.41, 5.74) is 1.97. The van der Waals surface area contributed by atoms with Crippen LogP contribution in [0.3, 0.4) is 0 Å². The SMILES string of the molecule is Cc1ccc(S(=O)(=O)NCCc2cnn(-c3ccccc3)c2)cc1[N+](=O)[O-]. The second-order valence-corrected chi connectivity index (χ2v) is 7.75. The first-order chi connectivity index (χ1) is 12.9. The number of nitro benzene ring substituents is 1. The van der Waals surface area contributed by atoms with Crippen molar-refractivity contribution in [3.05, 3.63) is 82.2 Å². The maximum atomic E-state index is 12.4. The average molecular weight is 386 g/mol. The fourth-order valence-corrected chi connectivity index (χ4v) is 3.63. The smallest absolute Gasteiger partial charge is 0.258 e. The topological polar surface area (TPSA) is 107 Å². The van der Waals surface area contributed by atoms with Crippen molar-refractivity contribution >= 4 is 15.7 Å². The zero-order valence-corrected chi connectivity index (χ0v) is 15.4. The third-order valence-electron chi connectivity index (χ3n) is 4.05. The van der Waals surface area contributed by atoms with Gasteiger partial charge in [0, 0.05) is 24.4 Å². The highest BCUT2D eigenvalue weighted by Gasteiger charge is 2.19. The maximum absolute atomic E-state index is 12.4.